The number of unbranched alkanes of at least 4 members (excludes halogenated alkanes) is 2. The van der Waals surface area contributed by atoms with Gasteiger partial charge >= 0.3 is 0 Å². The molecule has 6 atom stereocenters. The highest BCUT2D eigenvalue weighted by Crippen LogP contribution is 2.62. The monoisotopic (exact) mass is 842 g/mol. The molecule has 3 aliphatic rings. The fraction of sp³-hybridized carbons (Fsp3) is 0.472. The van der Waals surface area contributed by atoms with E-state index in [1.165, 1.54) is 5.56 Å². The number of aryl methyl sites for hydroxylation is 2. The Morgan fingerprint density at radius 1 is 0.919 bits per heavy atom. The summed E-state index contributed by atoms with van der Waals surface area (Å²) >= 11 is 0. The van der Waals surface area contributed by atoms with E-state index in [-0.39, 0.29) is 43.5 Å². The van der Waals surface area contributed by atoms with Crippen molar-refractivity contribution >= 4 is 22.4 Å². The van der Waals surface area contributed by atoms with Crippen LogP contribution in [0, 0.1) is 31.6 Å². The average Bonchev–Trinajstić information content (AvgIpc) is 3.26. The highest BCUT2D eigenvalue weighted by molar-refractivity contribution is 6.04. The van der Waals surface area contributed by atoms with Gasteiger partial charge in [0.15, 0.2) is 0 Å². The van der Waals surface area contributed by atoms with E-state index in [1.54, 1.807) is 6.08 Å². The van der Waals surface area contributed by atoms with Gasteiger partial charge in [0.2, 0.25) is 5.79 Å². The third-order valence-corrected chi connectivity index (χ3v) is 12.9. The topological polar surface area (TPSA) is 110 Å². The SMILES string of the molecule is C=CCO[C@@]12Oc3ccc(Oc4ccc(C)c(C)c4)cc3[C@H]3[C@H](CCCCO)[C@@H](CCCCO)C=C(C(=NOC(C)(C)C)C[C@@H]1N(CCC)C(=O)c1ccc4ccccc4c1)[C@H]32. The van der Waals surface area contributed by atoms with Gasteiger partial charge in [0.05, 0.1) is 18.2 Å². The van der Waals surface area contributed by atoms with Gasteiger partial charge in [0.25, 0.3) is 5.91 Å². The number of fused-ring (bicyclic) bond motifs is 3. The summed E-state index contributed by atoms with van der Waals surface area (Å²) in [7, 11) is 0. The number of allylic oxidation sites excluding steroid dienone is 1. The minimum Gasteiger partial charge on any atom is -0.459 e. The van der Waals surface area contributed by atoms with E-state index in [2.05, 4.69) is 57.7 Å². The van der Waals surface area contributed by atoms with Gasteiger partial charge in [-0.15, -0.1) is 6.58 Å². The van der Waals surface area contributed by atoms with Crippen LogP contribution in [0.3, 0.4) is 0 Å². The van der Waals surface area contributed by atoms with E-state index >= 15 is 4.79 Å². The van der Waals surface area contributed by atoms with Crippen LogP contribution in [0.2, 0.25) is 0 Å². The third-order valence-electron chi connectivity index (χ3n) is 12.9. The summed E-state index contributed by atoms with van der Waals surface area (Å²) in [5.74, 6) is 0.342. The van der Waals surface area contributed by atoms with Crippen LogP contribution in [-0.4, -0.2) is 70.5 Å². The van der Waals surface area contributed by atoms with Gasteiger partial charge in [0.1, 0.15) is 28.9 Å². The lowest BCUT2D eigenvalue weighted by atomic mass is 9.55. The molecule has 330 valence electrons. The maximum absolute atomic E-state index is 15.2. The van der Waals surface area contributed by atoms with Crippen molar-refractivity contribution in [1.29, 1.82) is 0 Å². The van der Waals surface area contributed by atoms with E-state index in [0.29, 0.717) is 49.3 Å². The normalized spacial score (nSPS) is 23.5. The minimum absolute atomic E-state index is 0.0968. The van der Waals surface area contributed by atoms with Crippen LogP contribution in [-0.2, 0) is 9.57 Å². The molecule has 4 aromatic rings. The summed E-state index contributed by atoms with van der Waals surface area (Å²) in [4.78, 5) is 23.5. The molecule has 0 radical (unpaired) electrons. The highest BCUT2D eigenvalue weighted by Gasteiger charge is 2.65. The number of benzene rings is 4. The molecule has 1 amide bonds. The molecule has 9 heteroatoms. The van der Waals surface area contributed by atoms with Crippen molar-refractivity contribution in [3.05, 3.63) is 125 Å². The second-order valence-electron chi connectivity index (χ2n) is 18.4. The van der Waals surface area contributed by atoms with E-state index in [1.807, 2.05) is 80.3 Å². The zero-order valence-electron chi connectivity index (χ0n) is 37.6. The van der Waals surface area contributed by atoms with Crippen LogP contribution in [0.1, 0.15) is 112 Å². The Balaban J connectivity index is 1.46. The molecule has 1 heterocycles. The molecule has 1 aliphatic heterocycles. The number of carbonyl (C=O) groups is 1. The van der Waals surface area contributed by atoms with Crippen LogP contribution < -0.4 is 9.47 Å². The van der Waals surface area contributed by atoms with Crippen molar-refractivity contribution in [2.75, 3.05) is 26.4 Å². The molecule has 2 aliphatic carbocycles. The molecular formula is C53H66N2O7. The maximum Gasteiger partial charge on any atom is 0.254 e. The predicted molar refractivity (Wildman–Crippen MR) is 247 cm³/mol. The Bertz CT molecular complexity index is 2280. The highest BCUT2D eigenvalue weighted by atomic mass is 16.7. The average molecular weight is 843 g/mol. The number of hydrogen-bond acceptors (Lipinski definition) is 8. The molecule has 0 saturated heterocycles. The lowest BCUT2D eigenvalue weighted by Crippen LogP contribution is -2.70. The van der Waals surface area contributed by atoms with Crippen molar-refractivity contribution < 1.29 is 34.1 Å². The quantitative estimate of drug-likeness (QED) is 0.0583. The van der Waals surface area contributed by atoms with Crippen LogP contribution in [0.4, 0.5) is 0 Å². The van der Waals surface area contributed by atoms with Crippen molar-refractivity contribution in [2.24, 2.45) is 22.9 Å². The molecule has 0 aromatic heterocycles. The Morgan fingerprint density at radius 2 is 1.65 bits per heavy atom. The smallest absolute Gasteiger partial charge is 0.254 e. The molecule has 0 unspecified atom stereocenters. The maximum atomic E-state index is 15.2. The summed E-state index contributed by atoms with van der Waals surface area (Å²) in [5.41, 5.74) is 5.17. The lowest BCUT2D eigenvalue weighted by molar-refractivity contribution is -0.254. The van der Waals surface area contributed by atoms with Gasteiger partial charge in [0, 0.05) is 43.2 Å². The van der Waals surface area contributed by atoms with Gasteiger partial charge < -0.3 is 34.2 Å². The van der Waals surface area contributed by atoms with Crippen molar-refractivity contribution in [2.45, 2.75) is 116 Å². The van der Waals surface area contributed by atoms with Gasteiger partial charge in [-0.25, -0.2) is 0 Å². The number of rotatable bonds is 18. The first-order valence-corrected chi connectivity index (χ1v) is 22.7. The number of aliphatic hydroxyl groups is 2. The number of nitrogens with zero attached hydrogens (tertiary/aromatic N) is 2. The van der Waals surface area contributed by atoms with Crippen LogP contribution in [0.15, 0.2) is 108 Å². The first kappa shape index (κ1) is 45.1. The summed E-state index contributed by atoms with van der Waals surface area (Å²) in [6, 6.07) is 25.6. The molecule has 9 nitrogen and oxygen atoms in total. The first-order chi connectivity index (χ1) is 29.9. The number of hydrogen-bond donors (Lipinski definition) is 2. The van der Waals surface area contributed by atoms with E-state index < -0.39 is 23.3 Å². The predicted octanol–water partition coefficient (Wildman–Crippen LogP) is 11.2. The zero-order chi connectivity index (χ0) is 44.0. The summed E-state index contributed by atoms with van der Waals surface area (Å²) in [5, 5.41) is 27.0. The molecule has 7 rings (SSSR count). The van der Waals surface area contributed by atoms with Gasteiger partial charge in [-0.05, 0) is 148 Å². The summed E-state index contributed by atoms with van der Waals surface area (Å²) in [6.07, 6.45) is 9.98. The van der Waals surface area contributed by atoms with E-state index in [9.17, 15) is 10.2 Å². The summed E-state index contributed by atoms with van der Waals surface area (Å²) in [6.45, 7) is 17.2. The van der Waals surface area contributed by atoms with Crippen molar-refractivity contribution in [3.63, 3.8) is 0 Å². The van der Waals surface area contributed by atoms with Gasteiger partial charge in [-0.3, -0.25) is 4.79 Å². The Kier molecular flexibility index (Phi) is 14.3. The molecule has 0 spiro atoms. The molecular weight excluding hydrogens is 777 g/mol. The zero-order valence-corrected chi connectivity index (χ0v) is 37.6. The molecule has 1 saturated carbocycles. The third kappa shape index (κ3) is 9.51. The number of ether oxygens (including phenoxy) is 3. The molecule has 4 aromatic carbocycles. The number of amides is 1. The fourth-order valence-corrected chi connectivity index (χ4v) is 9.95. The minimum atomic E-state index is -1.35. The lowest BCUT2D eigenvalue weighted by Gasteiger charge is -2.60. The first-order valence-electron chi connectivity index (χ1n) is 22.7. The fourth-order valence-electron chi connectivity index (χ4n) is 9.95. The van der Waals surface area contributed by atoms with Crippen LogP contribution in [0.5, 0.6) is 17.2 Å². The molecule has 0 bridgehead atoms. The summed E-state index contributed by atoms with van der Waals surface area (Å²) < 4.78 is 21.3. The van der Waals surface area contributed by atoms with Gasteiger partial charge in [-0.2, -0.15) is 0 Å². The van der Waals surface area contributed by atoms with E-state index in [4.69, 9.17) is 24.2 Å². The Hall–Kier alpha value is -4.96. The second kappa shape index (κ2) is 19.6. The van der Waals surface area contributed by atoms with E-state index in [0.717, 1.165) is 64.6 Å². The number of aliphatic hydroxyl groups excluding tert-OH is 2. The van der Waals surface area contributed by atoms with Crippen LogP contribution in [0.25, 0.3) is 10.8 Å². The van der Waals surface area contributed by atoms with Gasteiger partial charge in [-0.1, -0.05) is 73.5 Å². The molecule has 2 N–H and O–H groups in total. The Morgan fingerprint density at radius 3 is 2.35 bits per heavy atom. The Labute approximate surface area is 368 Å². The standard InChI is InChI=1S/C53H66N2O7/c1-8-26-55(51(58)40-22-21-37-16-10-11-17-38(37)31-40)48-34-46(54-62-52(5,6)7)44-32-39(18-12-14-27-56)43(19-13-15-28-57)49-45-33-42(60-41-23-20-35(3)36(4)30-41)24-25-47(45)61-53(48,50(44)49)59-29-9-2/h9-11,16-17,20-25,30-33,39,43,48-50,56-57H,2,8,12-15,18-19,26-29,34H2,1,3-7H3/t39-,43+,48-,49+,50+,53+/m0/s1. The molecule has 62 heavy (non-hydrogen) atoms. The van der Waals surface area contributed by atoms with Crippen molar-refractivity contribution in [1.82, 2.24) is 4.90 Å². The largest absolute Gasteiger partial charge is 0.459 e. The number of carbonyl (C=O) groups excluding carboxylic acids is 1. The second-order valence-corrected chi connectivity index (χ2v) is 18.4. The number of oxime groups is 1. The van der Waals surface area contributed by atoms with Crippen LogP contribution >= 0.6 is 0 Å². The van der Waals surface area contributed by atoms with Crippen molar-refractivity contribution in [3.8, 4) is 17.2 Å². The molecule has 1 fully saturated rings.